The molecule has 0 aliphatic carbocycles. The Morgan fingerprint density at radius 1 is 1.42 bits per heavy atom. The largest absolute Gasteiger partial charge is 0.466 e. The van der Waals surface area contributed by atoms with Crippen LogP contribution in [0.2, 0.25) is 0 Å². The Balaban J connectivity index is 3.32. The van der Waals surface area contributed by atoms with Crippen molar-refractivity contribution in [2.24, 2.45) is 0 Å². The Labute approximate surface area is 76.5 Å². The molecule has 0 aromatic carbocycles. The number of carbonyl (C=O) groups is 1. The third-order valence-electron chi connectivity index (χ3n) is 1.87. The Bertz CT molecular complexity index is 313. The summed E-state index contributed by atoms with van der Waals surface area (Å²) >= 11 is 5.68. The molecule has 1 rings (SSSR count). The van der Waals surface area contributed by atoms with Crippen molar-refractivity contribution in [2.45, 2.75) is 26.7 Å². The van der Waals surface area contributed by atoms with Gasteiger partial charge in [-0.1, -0.05) is 0 Å². The van der Waals surface area contributed by atoms with Crippen molar-refractivity contribution < 1.29 is 9.21 Å². The van der Waals surface area contributed by atoms with Gasteiger partial charge in [0.1, 0.15) is 11.5 Å². The van der Waals surface area contributed by atoms with E-state index in [0.717, 1.165) is 11.3 Å². The fourth-order valence-corrected chi connectivity index (χ4v) is 1.67. The second-order valence-corrected chi connectivity index (χ2v) is 3.03. The number of furan rings is 1. The predicted octanol–water partition coefficient (Wildman–Crippen LogP) is 2.84. The van der Waals surface area contributed by atoms with Gasteiger partial charge in [-0.25, -0.2) is 0 Å². The summed E-state index contributed by atoms with van der Waals surface area (Å²) in [5.41, 5.74) is 1.46. The molecule has 0 aliphatic rings. The third-order valence-corrected chi connectivity index (χ3v) is 2.14. The van der Waals surface area contributed by atoms with Gasteiger partial charge in [-0.3, -0.25) is 4.79 Å². The minimum atomic E-state index is 0.0139. The van der Waals surface area contributed by atoms with Crippen LogP contribution in [0.25, 0.3) is 0 Å². The molecule has 0 radical (unpaired) electrons. The van der Waals surface area contributed by atoms with Gasteiger partial charge in [-0.2, -0.15) is 0 Å². The van der Waals surface area contributed by atoms with Crippen molar-refractivity contribution in [1.82, 2.24) is 0 Å². The van der Waals surface area contributed by atoms with Crippen LogP contribution in [-0.4, -0.2) is 5.78 Å². The van der Waals surface area contributed by atoms with Crippen LogP contribution < -0.4 is 0 Å². The van der Waals surface area contributed by atoms with Crippen LogP contribution in [0.4, 0.5) is 0 Å². The van der Waals surface area contributed by atoms with Crippen LogP contribution in [-0.2, 0) is 5.88 Å². The molecular formula is C9H11ClO2. The number of Topliss-reactive ketones (excluding diaryl/α,β-unsaturated/α-hetero) is 1. The van der Waals surface area contributed by atoms with Gasteiger partial charge in [-0.05, 0) is 20.8 Å². The fourth-order valence-electron chi connectivity index (χ4n) is 1.35. The Kier molecular flexibility index (Phi) is 2.58. The van der Waals surface area contributed by atoms with E-state index < -0.39 is 0 Å². The fraction of sp³-hybridized carbons (Fsp3) is 0.444. The molecule has 0 spiro atoms. The molecule has 0 N–H and O–H groups in total. The molecule has 0 amide bonds. The first-order chi connectivity index (χ1) is 5.57. The molecule has 3 heteroatoms. The summed E-state index contributed by atoms with van der Waals surface area (Å²) in [5, 5.41) is 0. The molecule has 2 nitrogen and oxygen atoms in total. The van der Waals surface area contributed by atoms with Gasteiger partial charge >= 0.3 is 0 Å². The molecule has 0 saturated carbocycles. The first kappa shape index (κ1) is 9.33. The number of carbonyl (C=O) groups excluding carboxylic acids is 1. The van der Waals surface area contributed by atoms with Crippen LogP contribution in [0.15, 0.2) is 4.42 Å². The van der Waals surface area contributed by atoms with E-state index in [1.165, 1.54) is 6.92 Å². The van der Waals surface area contributed by atoms with Gasteiger partial charge in [0.15, 0.2) is 5.78 Å². The normalized spacial score (nSPS) is 10.3. The summed E-state index contributed by atoms with van der Waals surface area (Å²) in [5.74, 6) is 1.75. The smallest absolute Gasteiger partial charge is 0.163 e. The average molecular weight is 187 g/mol. The number of aryl methyl sites for hydroxylation is 2. The van der Waals surface area contributed by atoms with Gasteiger partial charge in [0.05, 0.1) is 11.4 Å². The summed E-state index contributed by atoms with van der Waals surface area (Å²) in [7, 11) is 0. The first-order valence-electron chi connectivity index (χ1n) is 3.73. The van der Waals surface area contributed by atoms with Crippen LogP contribution in [0, 0.1) is 13.8 Å². The van der Waals surface area contributed by atoms with E-state index in [9.17, 15) is 4.79 Å². The third kappa shape index (κ3) is 1.39. The van der Waals surface area contributed by atoms with E-state index in [2.05, 4.69) is 0 Å². The SMILES string of the molecule is CC(=O)c1c(C)oc(C)c1CCl. The first-order valence-corrected chi connectivity index (χ1v) is 4.27. The van der Waals surface area contributed by atoms with Crippen molar-refractivity contribution in [2.75, 3.05) is 0 Å². The number of hydrogen-bond acceptors (Lipinski definition) is 2. The highest BCUT2D eigenvalue weighted by molar-refractivity contribution is 6.18. The number of rotatable bonds is 2. The van der Waals surface area contributed by atoms with Crippen molar-refractivity contribution >= 4 is 17.4 Å². The summed E-state index contributed by atoms with van der Waals surface area (Å²) in [6.07, 6.45) is 0. The minimum absolute atomic E-state index is 0.0139. The zero-order valence-electron chi connectivity index (χ0n) is 7.40. The molecule has 1 aromatic heterocycles. The monoisotopic (exact) mass is 186 g/mol. The lowest BCUT2D eigenvalue weighted by Crippen LogP contribution is -1.96. The summed E-state index contributed by atoms with van der Waals surface area (Å²) in [4.78, 5) is 11.1. The van der Waals surface area contributed by atoms with Crippen molar-refractivity contribution in [3.8, 4) is 0 Å². The number of ketones is 1. The van der Waals surface area contributed by atoms with E-state index in [0.29, 0.717) is 17.2 Å². The quantitative estimate of drug-likeness (QED) is 0.525. The van der Waals surface area contributed by atoms with Crippen LogP contribution in [0.3, 0.4) is 0 Å². The van der Waals surface area contributed by atoms with Crippen molar-refractivity contribution in [3.63, 3.8) is 0 Å². The molecular weight excluding hydrogens is 176 g/mol. The van der Waals surface area contributed by atoms with Gasteiger partial charge in [0, 0.05) is 5.56 Å². The van der Waals surface area contributed by atoms with Crippen LogP contribution in [0.5, 0.6) is 0 Å². The van der Waals surface area contributed by atoms with Crippen molar-refractivity contribution in [1.29, 1.82) is 0 Å². The topological polar surface area (TPSA) is 30.2 Å². The molecule has 0 fully saturated rings. The van der Waals surface area contributed by atoms with Gasteiger partial charge < -0.3 is 4.42 Å². The average Bonchev–Trinajstić information content (AvgIpc) is 2.24. The zero-order chi connectivity index (χ0) is 9.30. The van der Waals surface area contributed by atoms with Gasteiger partial charge in [0.25, 0.3) is 0 Å². The van der Waals surface area contributed by atoms with Crippen LogP contribution >= 0.6 is 11.6 Å². The van der Waals surface area contributed by atoms with Crippen LogP contribution in [0.1, 0.15) is 34.4 Å². The highest BCUT2D eigenvalue weighted by Gasteiger charge is 2.16. The predicted molar refractivity (Wildman–Crippen MR) is 47.7 cm³/mol. The van der Waals surface area contributed by atoms with E-state index in [4.69, 9.17) is 16.0 Å². The molecule has 0 atom stereocenters. The maximum atomic E-state index is 11.1. The molecule has 1 aromatic rings. The highest BCUT2D eigenvalue weighted by atomic mass is 35.5. The number of alkyl halides is 1. The molecule has 66 valence electrons. The lowest BCUT2D eigenvalue weighted by molar-refractivity contribution is 0.101. The summed E-state index contributed by atoms with van der Waals surface area (Å²) < 4.78 is 5.29. The highest BCUT2D eigenvalue weighted by Crippen LogP contribution is 2.23. The van der Waals surface area contributed by atoms with E-state index in [1.807, 2.05) is 6.92 Å². The Morgan fingerprint density at radius 2 is 2.00 bits per heavy atom. The second-order valence-electron chi connectivity index (χ2n) is 2.76. The van der Waals surface area contributed by atoms with E-state index in [1.54, 1.807) is 6.92 Å². The van der Waals surface area contributed by atoms with Crippen molar-refractivity contribution in [3.05, 3.63) is 22.6 Å². The van der Waals surface area contributed by atoms with E-state index in [-0.39, 0.29) is 5.78 Å². The second kappa shape index (κ2) is 3.31. The molecule has 0 saturated heterocycles. The summed E-state index contributed by atoms with van der Waals surface area (Å²) in [6.45, 7) is 5.12. The lowest BCUT2D eigenvalue weighted by atomic mass is 10.1. The standard InChI is InChI=1S/C9H11ClO2/c1-5(11)9-7(3)12-6(2)8(9)4-10/h4H2,1-3H3. The maximum Gasteiger partial charge on any atom is 0.163 e. The molecule has 0 aliphatic heterocycles. The number of halogens is 1. The molecule has 1 heterocycles. The molecule has 0 unspecified atom stereocenters. The van der Waals surface area contributed by atoms with Gasteiger partial charge in [0.2, 0.25) is 0 Å². The molecule has 12 heavy (non-hydrogen) atoms. The maximum absolute atomic E-state index is 11.1. The number of hydrogen-bond donors (Lipinski definition) is 0. The minimum Gasteiger partial charge on any atom is -0.466 e. The zero-order valence-corrected chi connectivity index (χ0v) is 8.16. The molecule has 0 bridgehead atoms. The Hall–Kier alpha value is -0.760. The Morgan fingerprint density at radius 3 is 2.33 bits per heavy atom. The van der Waals surface area contributed by atoms with E-state index >= 15 is 0 Å². The van der Waals surface area contributed by atoms with Gasteiger partial charge in [-0.15, -0.1) is 11.6 Å². The summed E-state index contributed by atoms with van der Waals surface area (Å²) in [6, 6.07) is 0. The lowest BCUT2D eigenvalue weighted by Gasteiger charge is -1.94.